The third-order valence-corrected chi connectivity index (χ3v) is 7.49. The molecule has 1 aliphatic rings. The summed E-state index contributed by atoms with van der Waals surface area (Å²) in [5, 5.41) is 3.72. The Morgan fingerprint density at radius 2 is 1.78 bits per heavy atom. The quantitative estimate of drug-likeness (QED) is 0.327. The highest BCUT2D eigenvalue weighted by molar-refractivity contribution is 6.30. The minimum absolute atomic E-state index is 0.121. The first-order valence-corrected chi connectivity index (χ1v) is 13.5. The third kappa shape index (κ3) is 5.58. The van der Waals surface area contributed by atoms with Crippen LogP contribution in [-0.2, 0) is 37.9 Å². The first-order valence-electron chi connectivity index (χ1n) is 13.1. The van der Waals surface area contributed by atoms with Gasteiger partial charge in [0.2, 0.25) is 0 Å². The summed E-state index contributed by atoms with van der Waals surface area (Å²) < 4.78 is 1.82. The molecule has 0 spiro atoms. The number of pyridine rings is 1. The topological polar surface area (TPSA) is 49.6 Å². The molecule has 4 aromatic rings. The van der Waals surface area contributed by atoms with E-state index in [9.17, 15) is 4.79 Å². The molecule has 2 aromatic heterocycles. The Kier molecular flexibility index (Phi) is 7.11. The molecule has 0 fully saturated rings. The van der Waals surface area contributed by atoms with E-state index in [1.165, 1.54) is 22.3 Å². The molecule has 0 radical (unpaired) electrons. The van der Waals surface area contributed by atoms with Gasteiger partial charge in [0, 0.05) is 43.5 Å². The number of nitrogens with one attached hydrogen (secondary N) is 1. The molecule has 192 valence electrons. The van der Waals surface area contributed by atoms with Crippen LogP contribution in [0.25, 0.3) is 5.65 Å². The summed E-state index contributed by atoms with van der Waals surface area (Å²) in [5.74, 6) is -0.121. The molecule has 0 saturated carbocycles. The molecule has 0 bridgehead atoms. The molecule has 0 saturated heterocycles. The van der Waals surface area contributed by atoms with Crippen molar-refractivity contribution in [2.24, 2.45) is 0 Å². The van der Waals surface area contributed by atoms with Crippen molar-refractivity contribution in [1.29, 1.82) is 0 Å². The molecule has 0 atom stereocenters. The third-order valence-electron chi connectivity index (χ3n) is 7.25. The fourth-order valence-electron chi connectivity index (χ4n) is 5.10. The Bertz CT molecular complexity index is 1430. The highest BCUT2D eigenvalue weighted by Crippen LogP contribution is 2.25. The number of hydrogen-bond acceptors (Lipinski definition) is 3. The Labute approximate surface area is 224 Å². The van der Waals surface area contributed by atoms with Crippen molar-refractivity contribution in [3.63, 3.8) is 0 Å². The summed E-state index contributed by atoms with van der Waals surface area (Å²) in [6, 6.07) is 19.2. The van der Waals surface area contributed by atoms with Gasteiger partial charge in [0.1, 0.15) is 11.3 Å². The number of aromatic nitrogens is 2. The molecule has 6 heteroatoms. The van der Waals surface area contributed by atoms with Gasteiger partial charge in [-0.3, -0.25) is 14.1 Å². The maximum atomic E-state index is 13.2. The average molecular weight is 515 g/mol. The van der Waals surface area contributed by atoms with E-state index in [4.69, 9.17) is 11.6 Å². The molecule has 1 N–H and O–H groups in total. The van der Waals surface area contributed by atoms with Gasteiger partial charge in [-0.05, 0) is 52.1 Å². The normalized spacial score (nSPS) is 14.1. The zero-order chi connectivity index (χ0) is 26.2. The molecule has 37 heavy (non-hydrogen) atoms. The van der Waals surface area contributed by atoms with Gasteiger partial charge in [-0.1, -0.05) is 81.8 Å². The first-order chi connectivity index (χ1) is 17.7. The lowest BCUT2D eigenvalue weighted by Gasteiger charge is -2.29. The number of rotatable bonds is 6. The molecule has 1 amide bonds. The van der Waals surface area contributed by atoms with Crippen LogP contribution in [0, 0.1) is 0 Å². The van der Waals surface area contributed by atoms with Crippen LogP contribution in [0.4, 0.5) is 0 Å². The van der Waals surface area contributed by atoms with Crippen molar-refractivity contribution in [2.45, 2.75) is 65.6 Å². The molecule has 1 aliphatic heterocycles. The second kappa shape index (κ2) is 10.3. The zero-order valence-electron chi connectivity index (χ0n) is 22.1. The van der Waals surface area contributed by atoms with E-state index >= 15 is 0 Å². The van der Waals surface area contributed by atoms with E-state index in [-0.39, 0.29) is 11.3 Å². The smallest absolute Gasteiger partial charge is 0.270 e. The van der Waals surface area contributed by atoms with Crippen LogP contribution in [-0.4, -0.2) is 26.7 Å². The van der Waals surface area contributed by atoms with Crippen LogP contribution in [0.5, 0.6) is 0 Å². The van der Waals surface area contributed by atoms with Gasteiger partial charge in [-0.15, -0.1) is 0 Å². The summed E-state index contributed by atoms with van der Waals surface area (Å²) in [7, 11) is 0. The SMILES string of the molecule is CCc1nc2cc(Cl)ccn2c1C(=O)NCc1ccc2c(c1)CN(Cc1ccc(C(C)(C)C)cc1)CC2. The predicted octanol–water partition coefficient (Wildman–Crippen LogP) is 6.34. The van der Waals surface area contributed by atoms with Crippen molar-refractivity contribution >= 4 is 23.2 Å². The van der Waals surface area contributed by atoms with Crippen LogP contribution in [0.2, 0.25) is 5.02 Å². The monoisotopic (exact) mass is 514 g/mol. The highest BCUT2D eigenvalue weighted by Gasteiger charge is 2.20. The fourth-order valence-corrected chi connectivity index (χ4v) is 5.26. The molecular formula is C31H35ClN4O. The number of amides is 1. The van der Waals surface area contributed by atoms with Gasteiger partial charge < -0.3 is 5.32 Å². The highest BCUT2D eigenvalue weighted by atomic mass is 35.5. The van der Waals surface area contributed by atoms with Gasteiger partial charge in [0.25, 0.3) is 5.91 Å². The van der Waals surface area contributed by atoms with Crippen molar-refractivity contribution < 1.29 is 4.79 Å². The van der Waals surface area contributed by atoms with Crippen molar-refractivity contribution in [1.82, 2.24) is 19.6 Å². The van der Waals surface area contributed by atoms with Crippen molar-refractivity contribution in [3.8, 4) is 0 Å². The maximum absolute atomic E-state index is 13.2. The summed E-state index contributed by atoms with van der Waals surface area (Å²) in [5.41, 5.74) is 8.80. The second-order valence-corrected chi connectivity index (χ2v) is 11.5. The van der Waals surface area contributed by atoms with Gasteiger partial charge >= 0.3 is 0 Å². The number of benzene rings is 2. The summed E-state index contributed by atoms with van der Waals surface area (Å²) in [6.07, 6.45) is 3.53. The Hall–Kier alpha value is -3.15. The molecule has 0 aliphatic carbocycles. The number of fused-ring (bicyclic) bond motifs is 2. The van der Waals surface area contributed by atoms with E-state index < -0.39 is 0 Å². The average Bonchev–Trinajstić information content (AvgIpc) is 3.24. The van der Waals surface area contributed by atoms with E-state index in [1.807, 2.05) is 17.5 Å². The van der Waals surface area contributed by atoms with Crippen LogP contribution in [0.3, 0.4) is 0 Å². The molecule has 2 aromatic carbocycles. The van der Waals surface area contributed by atoms with Crippen LogP contribution < -0.4 is 5.32 Å². The van der Waals surface area contributed by atoms with Crippen LogP contribution in [0.1, 0.15) is 71.7 Å². The molecule has 5 rings (SSSR count). The van der Waals surface area contributed by atoms with Crippen molar-refractivity contribution in [2.75, 3.05) is 6.54 Å². The Balaban J connectivity index is 1.25. The standard InChI is InChI=1S/C31H35ClN4O/c1-5-27-29(36-15-13-26(32)17-28(36)34-27)30(37)33-18-22-6-9-23-12-14-35(20-24(23)16-22)19-21-7-10-25(11-8-21)31(2,3)4/h6-11,13,15-17H,5,12,14,18-20H2,1-4H3,(H,33,37). The van der Waals surface area contributed by atoms with Crippen LogP contribution in [0.15, 0.2) is 60.8 Å². The predicted molar refractivity (Wildman–Crippen MR) is 150 cm³/mol. The molecule has 5 nitrogen and oxygen atoms in total. The Morgan fingerprint density at radius 1 is 1.03 bits per heavy atom. The number of hydrogen-bond donors (Lipinski definition) is 1. The minimum Gasteiger partial charge on any atom is -0.347 e. The summed E-state index contributed by atoms with van der Waals surface area (Å²) in [6.45, 7) is 12.2. The van der Waals surface area contributed by atoms with Gasteiger partial charge in [0.15, 0.2) is 0 Å². The van der Waals surface area contributed by atoms with Crippen LogP contribution >= 0.6 is 11.6 Å². The first kappa shape index (κ1) is 25.5. The van der Waals surface area contributed by atoms with E-state index in [0.29, 0.717) is 29.3 Å². The van der Waals surface area contributed by atoms with Gasteiger partial charge in [-0.25, -0.2) is 4.98 Å². The number of aryl methyl sites for hydroxylation is 1. The fraction of sp³-hybridized carbons (Fsp3) is 0.355. The summed E-state index contributed by atoms with van der Waals surface area (Å²) in [4.78, 5) is 20.3. The van der Waals surface area contributed by atoms with Gasteiger partial charge in [0.05, 0.1) is 5.69 Å². The van der Waals surface area contributed by atoms with E-state index in [0.717, 1.165) is 37.3 Å². The lowest BCUT2D eigenvalue weighted by molar-refractivity contribution is 0.0944. The number of carbonyl (C=O) groups excluding carboxylic acids is 1. The van der Waals surface area contributed by atoms with Crippen molar-refractivity contribution in [3.05, 3.63) is 105 Å². The number of carbonyl (C=O) groups is 1. The maximum Gasteiger partial charge on any atom is 0.270 e. The number of imidazole rings is 1. The summed E-state index contributed by atoms with van der Waals surface area (Å²) >= 11 is 6.12. The van der Waals surface area contributed by atoms with E-state index in [1.54, 1.807) is 12.1 Å². The lowest BCUT2D eigenvalue weighted by Crippen LogP contribution is -2.30. The number of nitrogens with zero attached hydrogens (tertiary/aromatic N) is 3. The van der Waals surface area contributed by atoms with E-state index in [2.05, 4.69) is 78.4 Å². The lowest BCUT2D eigenvalue weighted by atomic mass is 9.86. The zero-order valence-corrected chi connectivity index (χ0v) is 22.9. The minimum atomic E-state index is -0.121. The largest absolute Gasteiger partial charge is 0.347 e. The Morgan fingerprint density at radius 3 is 2.51 bits per heavy atom. The second-order valence-electron chi connectivity index (χ2n) is 11.0. The number of halogens is 1. The molecule has 3 heterocycles. The molecule has 0 unspecified atom stereocenters. The molecular weight excluding hydrogens is 480 g/mol. The van der Waals surface area contributed by atoms with Gasteiger partial charge in [-0.2, -0.15) is 0 Å².